The Bertz CT molecular complexity index is 1160. The van der Waals surface area contributed by atoms with Gasteiger partial charge in [0.2, 0.25) is 0 Å². The molecule has 0 saturated heterocycles. The van der Waals surface area contributed by atoms with Gasteiger partial charge in [-0.05, 0) is 35.4 Å². The summed E-state index contributed by atoms with van der Waals surface area (Å²) in [6, 6.07) is 23.1. The van der Waals surface area contributed by atoms with Gasteiger partial charge in [-0.1, -0.05) is 72.3 Å². The maximum absolute atomic E-state index is 11.0. The SMILES string of the molecule is O=C(O)c1ccc(C=Cc2cn(Cc3ccccc3)c3cc(Cl)ccc23)cc1. The molecule has 0 unspecified atom stereocenters. The number of fused-ring (bicyclic) bond motifs is 1. The lowest BCUT2D eigenvalue weighted by Crippen LogP contribution is -1.97. The Morgan fingerprint density at radius 3 is 2.43 bits per heavy atom. The van der Waals surface area contributed by atoms with Crippen molar-refractivity contribution in [2.75, 3.05) is 0 Å². The fourth-order valence-electron chi connectivity index (χ4n) is 3.26. The van der Waals surface area contributed by atoms with Gasteiger partial charge in [0.05, 0.1) is 11.1 Å². The largest absolute Gasteiger partial charge is 0.478 e. The Labute approximate surface area is 168 Å². The fourth-order valence-corrected chi connectivity index (χ4v) is 3.43. The lowest BCUT2D eigenvalue weighted by Gasteiger charge is -2.05. The standard InChI is InChI=1S/C24H18ClNO2/c25-21-12-13-22-20(11-8-17-6-9-19(10-7-17)24(27)28)16-26(23(22)14-21)15-18-4-2-1-3-5-18/h1-14,16H,15H2,(H,27,28). The second-order valence-corrected chi connectivity index (χ2v) is 7.06. The highest BCUT2D eigenvalue weighted by molar-refractivity contribution is 6.31. The van der Waals surface area contributed by atoms with Crippen LogP contribution in [0, 0.1) is 0 Å². The molecule has 28 heavy (non-hydrogen) atoms. The first kappa shape index (κ1) is 18.1. The van der Waals surface area contributed by atoms with Crippen LogP contribution >= 0.6 is 11.6 Å². The van der Waals surface area contributed by atoms with Crippen LogP contribution in [0.1, 0.15) is 27.0 Å². The van der Waals surface area contributed by atoms with Gasteiger partial charge in [-0.2, -0.15) is 0 Å². The first-order valence-electron chi connectivity index (χ1n) is 8.94. The van der Waals surface area contributed by atoms with E-state index in [1.165, 1.54) is 5.56 Å². The van der Waals surface area contributed by atoms with Crippen molar-refractivity contribution < 1.29 is 9.90 Å². The van der Waals surface area contributed by atoms with Crippen molar-refractivity contribution >= 4 is 40.6 Å². The molecule has 138 valence electrons. The van der Waals surface area contributed by atoms with Crippen LogP contribution in [0.5, 0.6) is 0 Å². The van der Waals surface area contributed by atoms with Crippen molar-refractivity contribution in [1.82, 2.24) is 4.57 Å². The number of halogens is 1. The molecule has 0 saturated carbocycles. The molecule has 4 heteroatoms. The van der Waals surface area contributed by atoms with E-state index in [1.807, 2.05) is 48.6 Å². The number of aromatic carboxylic acids is 1. The van der Waals surface area contributed by atoms with Crippen molar-refractivity contribution in [3.63, 3.8) is 0 Å². The first-order chi connectivity index (χ1) is 13.6. The van der Waals surface area contributed by atoms with E-state index in [-0.39, 0.29) is 5.56 Å². The number of nitrogens with zero attached hydrogens (tertiary/aromatic N) is 1. The third-order valence-corrected chi connectivity index (χ3v) is 4.92. The predicted molar refractivity (Wildman–Crippen MR) is 115 cm³/mol. The summed E-state index contributed by atoms with van der Waals surface area (Å²) < 4.78 is 2.20. The maximum Gasteiger partial charge on any atom is 0.335 e. The number of hydrogen-bond donors (Lipinski definition) is 1. The second kappa shape index (κ2) is 7.75. The lowest BCUT2D eigenvalue weighted by atomic mass is 10.1. The fraction of sp³-hybridized carbons (Fsp3) is 0.0417. The zero-order chi connectivity index (χ0) is 19.5. The van der Waals surface area contributed by atoms with Crippen molar-refractivity contribution in [2.45, 2.75) is 6.54 Å². The third-order valence-electron chi connectivity index (χ3n) is 4.68. The molecule has 0 atom stereocenters. The number of benzene rings is 3. The Hall–Kier alpha value is -3.30. The van der Waals surface area contributed by atoms with Gasteiger partial charge in [-0.3, -0.25) is 0 Å². The molecule has 0 aliphatic heterocycles. The van der Waals surface area contributed by atoms with Crippen molar-refractivity contribution in [1.29, 1.82) is 0 Å². The molecule has 1 heterocycles. The van der Waals surface area contributed by atoms with E-state index in [0.29, 0.717) is 5.02 Å². The average Bonchev–Trinajstić information content (AvgIpc) is 3.04. The molecule has 3 aromatic carbocycles. The minimum atomic E-state index is -0.920. The van der Waals surface area contributed by atoms with E-state index >= 15 is 0 Å². The first-order valence-corrected chi connectivity index (χ1v) is 9.32. The minimum Gasteiger partial charge on any atom is -0.478 e. The molecule has 0 fully saturated rings. The summed E-state index contributed by atoms with van der Waals surface area (Å²) in [5.74, 6) is -0.920. The van der Waals surface area contributed by atoms with Gasteiger partial charge in [-0.25, -0.2) is 4.79 Å². The molecule has 4 aromatic rings. The zero-order valence-corrected chi connectivity index (χ0v) is 15.8. The van der Waals surface area contributed by atoms with Gasteiger partial charge in [0.1, 0.15) is 0 Å². The number of hydrogen-bond acceptors (Lipinski definition) is 1. The smallest absolute Gasteiger partial charge is 0.335 e. The van der Waals surface area contributed by atoms with Crippen LogP contribution < -0.4 is 0 Å². The van der Waals surface area contributed by atoms with Crippen LogP contribution in [0.25, 0.3) is 23.1 Å². The Morgan fingerprint density at radius 1 is 0.964 bits per heavy atom. The van der Waals surface area contributed by atoms with Crippen molar-refractivity contribution in [2.24, 2.45) is 0 Å². The Morgan fingerprint density at radius 2 is 1.71 bits per heavy atom. The Kier molecular flexibility index (Phi) is 5.00. The summed E-state index contributed by atoms with van der Waals surface area (Å²) in [7, 11) is 0. The molecule has 0 aliphatic carbocycles. The van der Waals surface area contributed by atoms with E-state index in [0.717, 1.165) is 28.6 Å². The van der Waals surface area contributed by atoms with Gasteiger partial charge in [-0.15, -0.1) is 0 Å². The summed E-state index contributed by atoms with van der Waals surface area (Å²) in [5.41, 5.74) is 4.62. The quantitative estimate of drug-likeness (QED) is 0.442. The molecule has 1 aromatic heterocycles. The van der Waals surface area contributed by atoms with Crippen LogP contribution in [-0.2, 0) is 6.54 Å². The predicted octanol–water partition coefficient (Wildman–Crippen LogP) is 6.21. The van der Waals surface area contributed by atoms with E-state index in [4.69, 9.17) is 16.7 Å². The highest BCUT2D eigenvalue weighted by atomic mass is 35.5. The van der Waals surface area contributed by atoms with Gasteiger partial charge in [0.15, 0.2) is 0 Å². The normalized spacial score (nSPS) is 11.3. The van der Waals surface area contributed by atoms with E-state index in [9.17, 15) is 4.79 Å². The molecule has 0 bridgehead atoms. The maximum atomic E-state index is 11.0. The van der Waals surface area contributed by atoms with Crippen LogP contribution in [0.2, 0.25) is 5.02 Å². The van der Waals surface area contributed by atoms with Crippen LogP contribution in [0.3, 0.4) is 0 Å². The number of carbonyl (C=O) groups is 1. The number of carboxylic acid groups (broad SMARTS) is 1. The molecule has 0 aliphatic rings. The van der Waals surface area contributed by atoms with Gasteiger partial charge in [0, 0.05) is 28.7 Å². The molecule has 0 spiro atoms. The topological polar surface area (TPSA) is 42.2 Å². The molecule has 0 amide bonds. The van der Waals surface area contributed by atoms with Crippen LogP contribution in [0.15, 0.2) is 79.0 Å². The zero-order valence-electron chi connectivity index (χ0n) is 15.0. The molecule has 0 radical (unpaired) electrons. The van der Waals surface area contributed by atoms with Gasteiger partial charge >= 0.3 is 5.97 Å². The van der Waals surface area contributed by atoms with E-state index in [2.05, 4.69) is 22.9 Å². The minimum absolute atomic E-state index is 0.284. The molecule has 4 rings (SSSR count). The molecule has 3 nitrogen and oxygen atoms in total. The number of rotatable bonds is 5. The van der Waals surface area contributed by atoms with Gasteiger partial charge in [0.25, 0.3) is 0 Å². The van der Waals surface area contributed by atoms with Crippen molar-refractivity contribution in [3.05, 3.63) is 106 Å². The van der Waals surface area contributed by atoms with Crippen molar-refractivity contribution in [3.8, 4) is 0 Å². The summed E-state index contributed by atoms with van der Waals surface area (Å²) in [4.78, 5) is 11.0. The monoisotopic (exact) mass is 387 g/mol. The van der Waals surface area contributed by atoms with Crippen LogP contribution in [0.4, 0.5) is 0 Å². The third kappa shape index (κ3) is 3.85. The molecular formula is C24H18ClNO2. The molecule has 1 N–H and O–H groups in total. The summed E-state index contributed by atoms with van der Waals surface area (Å²) in [6.45, 7) is 0.763. The summed E-state index contributed by atoms with van der Waals surface area (Å²) in [5, 5.41) is 10.8. The highest BCUT2D eigenvalue weighted by Gasteiger charge is 2.08. The Balaban J connectivity index is 1.69. The number of aromatic nitrogens is 1. The van der Waals surface area contributed by atoms with Crippen LogP contribution in [-0.4, -0.2) is 15.6 Å². The second-order valence-electron chi connectivity index (χ2n) is 6.62. The van der Waals surface area contributed by atoms with E-state index < -0.39 is 5.97 Å². The highest BCUT2D eigenvalue weighted by Crippen LogP contribution is 2.27. The summed E-state index contributed by atoms with van der Waals surface area (Å²) in [6.07, 6.45) is 6.16. The number of carboxylic acids is 1. The van der Waals surface area contributed by atoms with E-state index in [1.54, 1.807) is 24.3 Å². The lowest BCUT2D eigenvalue weighted by molar-refractivity contribution is 0.0697. The molecular weight excluding hydrogens is 370 g/mol. The van der Waals surface area contributed by atoms with Gasteiger partial charge < -0.3 is 9.67 Å². The average molecular weight is 388 g/mol. The summed E-state index contributed by atoms with van der Waals surface area (Å²) >= 11 is 6.24.